The Morgan fingerprint density at radius 1 is 0.897 bits per heavy atom. The molecular formula is C23H24N2O3S. The molecule has 0 spiro atoms. The van der Waals surface area contributed by atoms with Gasteiger partial charge in [0.15, 0.2) is 0 Å². The van der Waals surface area contributed by atoms with E-state index in [-0.39, 0.29) is 28.1 Å². The lowest BCUT2D eigenvalue weighted by Gasteiger charge is -2.17. The molecule has 0 unspecified atom stereocenters. The van der Waals surface area contributed by atoms with Gasteiger partial charge in [-0.25, -0.2) is 8.42 Å². The number of amides is 1. The summed E-state index contributed by atoms with van der Waals surface area (Å²) in [6.45, 7) is 3.99. The summed E-state index contributed by atoms with van der Waals surface area (Å²) < 4.78 is 27.8. The summed E-state index contributed by atoms with van der Waals surface area (Å²) >= 11 is 0. The third kappa shape index (κ3) is 5.03. The van der Waals surface area contributed by atoms with Gasteiger partial charge in [0.25, 0.3) is 15.9 Å². The van der Waals surface area contributed by atoms with E-state index in [1.165, 1.54) is 17.7 Å². The third-order valence-electron chi connectivity index (χ3n) is 4.71. The Morgan fingerprint density at radius 3 is 2.17 bits per heavy atom. The number of carbonyl (C=O) groups is 1. The second kappa shape index (κ2) is 8.92. The number of hydrogen-bond donors (Lipinski definition) is 2. The number of rotatable bonds is 7. The second-order valence-corrected chi connectivity index (χ2v) is 8.44. The minimum absolute atomic E-state index is 0.139. The molecule has 3 aromatic carbocycles. The Hall–Kier alpha value is -3.12. The third-order valence-corrected chi connectivity index (χ3v) is 6.09. The van der Waals surface area contributed by atoms with Crippen LogP contribution in [0.2, 0.25) is 0 Å². The fraction of sp³-hybridized carbons (Fsp3) is 0.174. The maximum absolute atomic E-state index is 12.8. The number of aryl methyl sites for hydroxylation is 1. The van der Waals surface area contributed by atoms with Gasteiger partial charge in [0, 0.05) is 0 Å². The van der Waals surface area contributed by atoms with Crippen molar-refractivity contribution < 1.29 is 13.2 Å². The van der Waals surface area contributed by atoms with E-state index in [0.29, 0.717) is 0 Å². The highest BCUT2D eigenvalue weighted by molar-refractivity contribution is 7.92. The molecule has 2 N–H and O–H groups in total. The van der Waals surface area contributed by atoms with Crippen molar-refractivity contribution in [2.75, 3.05) is 4.72 Å². The minimum Gasteiger partial charge on any atom is -0.345 e. The average Bonchev–Trinajstić information content (AvgIpc) is 2.74. The first-order valence-corrected chi connectivity index (χ1v) is 11.0. The highest BCUT2D eigenvalue weighted by Crippen LogP contribution is 2.21. The van der Waals surface area contributed by atoms with Crippen LogP contribution in [-0.2, 0) is 16.4 Å². The largest absolute Gasteiger partial charge is 0.345 e. The summed E-state index contributed by atoms with van der Waals surface area (Å²) in [6, 6.07) is 22.5. The molecule has 1 amide bonds. The van der Waals surface area contributed by atoms with Crippen molar-refractivity contribution >= 4 is 21.6 Å². The van der Waals surface area contributed by atoms with Crippen LogP contribution in [0, 0.1) is 0 Å². The quantitative estimate of drug-likeness (QED) is 0.603. The first kappa shape index (κ1) is 20.6. The molecular weight excluding hydrogens is 384 g/mol. The van der Waals surface area contributed by atoms with Crippen LogP contribution in [0.15, 0.2) is 83.8 Å². The first-order chi connectivity index (χ1) is 13.9. The van der Waals surface area contributed by atoms with Crippen molar-refractivity contribution in [1.82, 2.24) is 5.32 Å². The van der Waals surface area contributed by atoms with E-state index < -0.39 is 10.0 Å². The summed E-state index contributed by atoms with van der Waals surface area (Å²) in [4.78, 5) is 13.0. The summed E-state index contributed by atoms with van der Waals surface area (Å²) in [7, 11) is -3.79. The van der Waals surface area contributed by atoms with Gasteiger partial charge in [-0.3, -0.25) is 9.52 Å². The number of para-hydroxylation sites is 1. The first-order valence-electron chi connectivity index (χ1n) is 9.47. The number of anilines is 1. The topological polar surface area (TPSA) is 75.3 Å². The van der Waals surface area contributed by atoms with Crippen molar-refractivity contribution in [3.8, 4) is 0 Å². The van der Waals surface area contributed by atoms with Gasteiger partial charge >= 0.3 is 0 Å². The number of sulfonamides is 1. The molecule has 3 aromatic rings. The Balaban J connectivity index is 1.79. The van der Waals surface area contributed by atoms with Gasteiger partial charge in [-0.05, 0) is 48.7 Å². The van der Waals surface area contributed by atoms with Crippen LogP contribution in [-0.4, -0.2) is 14.3 Å². The van der Waals surface area contributed by atoms with Crippen LogP contribution in [0.5, 0.6) is 0 Å². The van der Waals surface area contributed by atoms with Crippen LogP contribution in [0.1, 0.15) is 41.4 Å². The Kier molecular flexibility index (Phi) is 6.34. The monoisotopic (exact) mass is 408 g/mol. The average molecular weight is 409 g/mol. The fourth-order valence-electron chi connectivity index (χ4n) is 2.97. The normalized spacial score (nSPS) is 12.2. The predicted molar refractivity (Wildman–Crippen MR) is 115 cm³/mol. The van der Waals surface area contributed by atoms with Gasteiger partial charge in [0.05, 0.1) is 22.2 Å². The van der Waals surface area contributed by atoms with Crippen LogP contribution >= 0.6 is 0 Å². The molecule has 0 saturated heterocycles. The van der Waals surface area contributed by atoms with Crippen LogP contribution in [0.3, 0.4) is 0 Å². The lowest BCUT2D eigenvalue weighted by Crippen LogP contribution is -2.28. The van der Waals surface area contributed by atoms with Crippen molar-refractivity contribution in [2.24, 2.45) is 0 Å². The smallest absolute Gasteiger partial charge is 0.261 e. The Labute approximate surface area is 171 Å². The molecule has 0 fully saturated rings. The van der Waals surface area contributed by atoms with Gasteiger partial charge < -0.3 is 5.32 Å². The molecule has 3 rings (SSSR count). The number of nitrogens with one attached hydrogen (secondary N) is 2. The van der Waals surface area contributed by atoms with E-state index in [9.17, 15) is 13.2 Å². The zero-order chi connectivity index (χ0) is 20.9. The molecule has 29 heavy (non-hydrogen) atoms. The molecule has 150 valence electrons. The summed E-state index contributed by atoms with van der Waals surface area (Å²) in [5.74, 6) is -0.344. The molecule has 0 aliphatic rings. The van der Waals surface area contributed by atoms with Crippen molar-refractivity contribution in [1.29, 1.82) is 0 Å². The van der Waals surface area contributed by atoms with Gasteiger partial charge in [0.1, 0.15) is 0 Å². The molecule has 0 aliphatic carbocycles. The van der Waals surface area contributed by atoms with Gasteiger partial charge in [-0.2, -0.15) is 0 Å². The van der Waals surface area contributed by atoms with Gasteiger partial charge in [-0.15, -0.1) is 0 Å². The number of carbonyl (C=O) groups excluding carboxylic acids is 1. The molecule has 0 radical (unpaired) electrons. The van der Waals surface area contributed by atoms with E-state index in [1.54, 1.807) is 42.5 Å². The predicted octanol–water partition coefficient (Wildman–Crippen LogP) is 4.54. The molecule has 0 aliphatic heterocycles. The van der Waals surface area contributed by atoms with E-state index >= 15 is 0 Å². The van der Waals surface area contributed by atoms with E-state index in [1.807, 2.05) is 31.2 Å². The highest BCUT2D eigenvalue weighted by atomic mass is 32.2. The van der Waals surface area contributed by atoms with E-state index in [0.717, 1.165) is 12.0 Å². The lowest BCUT2D eigenvalue weighted by atomic mass is 10.0. The zero-order valence-corrected chi connectivity index (χ0v) is 17.2. The zero-order valence-electron chi connectivity index (χ0n) is 16.4. The molecule has 0 aromatic heterocycles. The van der Waals surface area contributed by atoms with Gasteiger partial charge in [0.2, 0.25) is 0 Å². The van der Waals surface area contributed by atoms with Crippen molar-refractivity contribution in [3.63, 3.8) is 0 Å². The van der Waals surface area contributed by atoms with E-state index in [2.05, 4.69) is 17.0 Å². The molecule has 6 heteroatoms. The van der Waals surface area contributed by atoms with Crippen LogP contribution in [0.25, 0.3) is 0 Å². The highest BCUT2D eigenvalue weighted by Gasteiger charge is 2.19. The Bertz CT molecular complexity index is 1080. The van der Waals surface area contributed by atoms with Gasteiger partial charge in [-0.1, -0.05) is 61.5 Å². The number of benzene rings is 3. The maximum atomic E-state index is 12.8. The molecule has 0 bridgehead atoms. The van der Waals surface area contributed by atoms with Crippen molar-refractivity contribution in [3.05, 3.63) is 95.6 Å². The Morgan fingerprint density at radius 2 is 1.52 bits per heavy atom. The maximum Gasteiger partial charge on any atom is 0.261 e. The molecule has 1 atom stereocenters. The molecule has 0 heterocycles. The fourth-order valence-corrected chi connectivity index (χ4v) is 4.07. The van der Waals surface area contributed by atoms with Crippen LogP contribution in [0.4, 0.5) is 5.69 Å². The standard InChI is InChI=1S/C23H24N2O3S/c1-3-18-13-15-19(16-14-18)17(2)24-23(26)21-11-7-8-12-22(21)25-29(27,28)20-9-5-4-6-10-20/h4-17,25H,3H2,1-2H3,(H,24,26)/t17-/m1/s1. The SMILES string of the molecule is CCc1ccc([C@@H](C)NC(=O)c2ccccc2NS(=O)(=O)c2ccccc2)cc1. The minimum atomic E-state index is -3.79. The lowest BCUT2D eigenvalue weighted by molar-refractivity contribution is 0.0941. The summed E-state index contributed by atoms with van der Waals surface area (Å²) in [5.41, 5.74) is 2.72. The molecule has 5 nitrogen and oxygen atoms in total. The van der Waals surface area contributed by atoms with E-state index in [4.69, 9.17) is 0 Å². The second-order valence-electron chi connectivity index (χ2n) is 6.75. The van der Waals surface area contributed by atoms with Crippen LogP contribution < -0.4 is 10.0 Å². The summed E-state index contributed by atoms with van der Waals surface area (Å²) in [5, 5.41) is 2.94. The van der Waals surface area contributed by atoms with Crippen molar-refractivity contribution in [2.45, 2.75) is 31.2 Å². The number of hydrogen-bond acceptors (Lipinski definition) is 3. The molecule has 0 saturated carbocycles. The summed E-state index contributed by atoms with van der Waals surface area (Å²) in [6.07, 6.45) is 0.954.